The second-order valence-electron chi connectivity index (χ2n) is 5.03. The highest BCUT2D eigenvalue weighted by molar-refractivity contribution is 7.71. The Kier molecular flexibility index (Phi) is 3.77. The fourth-order valence-electron chi connectivity index (χ4n) is 2.65. The molecule has 100 valence electrons. The van der Waals surface area contributed by atoms with Gasteiger partial charge in [-0.1, -0.05) is 6.42 Å². The van der Waals surface area contributed by atoms with E-state index in [0.29, 0.717) is 0 Å². The van der Waals surface area contributed by atoms with Crippen LogP contribution in [-0.4, -0.2) is 45.6 Å². The Morgan fingerprint density at radius 2 is 1.94 bits per heavy atom. The minimum atomic E-state index is 0.808. The van der Waals surface area contributed by atoms with Gasteiger partial charge in [-0.2, -0.15) is 5.10 Å². The monoisotopic (exact) mass is 268 g/mol. The van der Waals surface area contributed by atoms with Crippen LogP contribution in [0.1, 0.15) is 25.1 Å². The lowest BCUT2D eigenvalue weighted by molar-refractivity contribution is 0.0209. The predicted octanol–water partition coefficient (Wildman–Crippen LogP) is 1.43. The first-order valence-corrected chi connectivity index (χ1v) is 7.22. The van der Waals surface area contributed by atoms with Crippen LogP contribution in [-0.2, 0) is 24.4 Å². The van der Waals surface area contributed by atoms with Crippen molar-refractivity contribution in [1.82, 2.24) is 19.2 Å². The van der Waals surface area contributed by atoms with Crippen LogP contribution in [0.25, 0.3) is 0 Å². The van der Waals surface area contributed by atoms with Gasteiger partial charge in [-0.15, -0.1) is 0 Å². The van der Waals surface area contributed by atoms with Crippen LogP contribution in [0.5, 0.6) is 0 Å². The fraction of sp³-hybridized carbons (Fsp3) is 0.833. The van der Waals surface area contributed by atoms with E-state index in [0.717, 1.165) is 50.7 Å². The van der Waals surface area contributed by atoms with E-state index in [4.69, 9.17) is 22.1 Å². The molecule has 1 aromatic heterocycles. The van der Waals surface area contributed by atoms with Crippen molar-refractivity contribution in [2.24, 2.45) is 0 Å². The van der Waals surface area contributed by atoms with Crippen LogP contribution in [0.15, 0.2) is 0 Å². The smallest absolute Gasteiger partial charge is 0.199 e. The number of hydrogen-bond donors (Lipinski definition) is 0. The molecule has 2 aliphatic rings. The summed E-state index contributed by atoms with van der Waals surface area (Å²) in [6.45, 7) is 5.44. The first-order chi connectivity index (χ1) is 8.84. The van der Waals surface area contributed by atoms with Gasteiger partial charge in [-0.3, -0.25) is 4.90 Å². The summed E-state index contributed by atoms with van der Waals surface area (Å²) < 4.78 is 10.5. The third-order valence-corrected chi connectivity index (χ3v) is 4.15. The van der Waals surface area contributed by atoms with Crippen LogP contribution in [0, 0.1) is 4.77 Å². The van der Waals surface area contributed by atoms with E-state index < -0.39 is 0 Å². The summed E-state index contributed by atoms with van der Waals surface area (Å²) in [5, 5.41) is 4.70. The Labute approximate surface area is 112 Å². The summed E-state index contributed by atoms with van der Waals surface area (Å²) in [4.78, 5) is 2.35. The average Bonchev–Trinajstić information content (AvgIpc) is 2.58. The van der Waals surface area contributed by atoms with Crippen molar-refractivity contribution in [2.75, 3.05) is 26.3 Å². The van der Waals surface area contributed by atoms with Crippen LogP contribution in [0.2, 0.25) is 0 Å². The summed E-state index contributed by atoms with van der Waals surface area (Å²) >= 11 is 5.55. The highest BCUT2D eigenvalue weighted by Crippen LogP contribution is 2.14. The van der Waals surface area contributed by atoms with E-state index >= 15 is 0 Å². The Morgan fingerprint density at radius 3 is 2.78 bits per heavy atom. The van der Waals surface area contributed by atoms with E-state index in [9.17, 15) is 0 Å². The lowest BCUT2D eigenvalue weighted by atomic mass is 10.2. The molecule has 0 radical (unpaired) electrons. The summed E-state index contributed by atoms with van der Waals surface area (Å²) in [5.41, 5.74) is 0. The quantitative estimate of drug-likeness (QED) is 0.760. The van der Waals surface area contributed by atoms with Gasteiger partial charge in [0.15, 0.2) is 4.77 Å². The molecule has 0 aromatic carbocycles. The molecule has 0 bridgehead atoms. The molecular weight excluding hydrogens is 248 g/mol. The van der Waals surface area contributed by atoms with Crippen molar-refractivity contribution < 1.29 is 4.74 Å². The molecule has 1 aromatic rings. The maximum atomic E-state index is 5.55. The number of aromatic nitrogens is 3. The van der Waals surface area contributed by atoms with Gasteiger partial charge < -0.3 is 9.30 Å². The first-order valence-electron chi connectivity index (χ1n) is 6.81. The maximum Gasteiger partial charge on any atom is 0.199 e. The summed E-state index contributed by atoms with van der Waals surface area (Å²) in [7, 11) is 0. The predicted molar refractivity (Wildman–Crippen MR) is 71.0 cm³/mol. The minimum Gasteiger partial charge on any atom is -0.379 e. The molecule has 5 nitrogen and oxygen atoms in total. The normalized spacial score (nSPS) is 21.6. The van der Waals surface area contributed by atoms with E-state index in [2.05, 4.69) is 9.47 Å². The number of fused-ring (bicyclic) bond motifs is 1. The number of rotatable bonds is 2. The van der Waals surface area contributed by atoms with Gasteiger partial charge >= 0.3 is 0 Å². The van der Waals surface area contributed by atoms with Crippen LogP contribution < -0.4 is 0 Å². The Bertz CT molecular complexity index is 461. The zero-order chi connectivity index (χ0) is 12.4. The molecular formula is C12H20N4OS. The van der Waals surface area contributed by atoms with Gasteiger partial charge in [0.25, 0.3) is 0 Å². The standard InChI is InChI=1S/C12H20N4OS/c18-12-15-5-3-1-2-4-11(15)13-16(12)10-14-6-8-17-9-7-14/h1-10H2. The van der Waals surface area contributed by atoms with Gasteiger partial charge in [0, 0.05) is 26.1 Å². The summed E-state index contributed by atoms with van der Waals surface area (Å²) in [6.07, 6.45) is 4.83. The average molecular weight is 268 g/mol. The molecule has 0 spiro atoms. The maximum absolute atomic E-state index is 5.55. The molecule has 3 rings (SSSR count). The minimum absolute atomic E-state index is 0.808. The molecule has 1 saturated heterocycles. The first kappa shape index (κ1) is 12.3. The third kappa shape index (κ3) is 2.50. The number of nitrogens with zero attached hydrogens (tertiary/aromatic N) is 4. The molecule has 0 saturated carbocycles. The molecule has 0 amide bonds. The van der Waals surface area contributed by atoms with Crippen LogP contribution >= 0.6 is 12.2 Å². The Morgan fingerprint density at radius 1 is 1.11 bits per heavy atom. The highest BCUT2D eigenvalue weighted by Gasteiger charge is 2.16. The van der Waals surface area contributed by atoms with E-state index in [1.165, 1.54) is 25.1 Å². The lowest BCUT2D eigenvalue weighted by Gasteiger charge is -2.26. The van der Waals surface area contributed by atoms with Gasteiger partial charge in [0.05, 0.1) is 19.9 Å². The molecule has 6 heteroatoms. The fourth-order valence-corrected chi connectivity index (χ4v) is 2.94. The Balaban J connectivity index is 1.78. The largest absolute Gasteiger partial charge is 0.379 e. The van der Waals surface area contributed by atoms with Crippen molar-refractivity contribution in [3.63, 3.8) is 0 Å². The number of aryl methyl sites for hydroxylation is 1. The second kappa shape index (κ2) is 5.50. The topological polar surface area (TPSA) is 35.2 Å². The van der Waals surface area contributed by atoms with E-state index in [-0.39, 0.29) is 0 Å². The molecule has 0 aliphatic carbocycles. The summed E-state index contributed by atoms with van der Waals surface area (Å²) in [6, 6.07) is 0. The zero-order valence-corrected chi connectivity index (χ0v) is 11.5. The van der Waals surface area contributed by atoms with Crippen molar-refractivity contribution in [3.05, 3.63) is 10.6 Å². The van der Waals surface area contributed by atoms with Crippen LogP contribution in [0.4, 0.5) is 0 Å². The molecule has 0 unspecified atom stereocenters. The molecule has 1 fully saturated rings. The van der Waals surface area contributed by atoms with E-state index in [1.54, 1.807) is 0 Å². The van der Waals surface area contributed by atoms with Crippen LogP contribution in [0.3, 0.4) is 0 Å². The number of morpholine rings is 1. The second-order valence-corrected chi connectivity index (χ2v) is 5.40. The van der Waals surface area contributed by atoms with E-state index in [1.807, 2.05) is 4.68 Å². The molecule has 3 heterocycles. The lowest BCUT2D eigenvalue weighted by Crippen LogP contribution is -2.37. The third-order valence-electron chi connectivity index (χ3n) is 3.72. The molecule has 0 atom stereocenters. The molecule has 18 heavy (non-hydrogen) atoms. The Hall–Kier alpha value is -0.720. The molecule has 2 aliphatic heterocycles. The SMILES string of the molecule is S=c1n(CN2CCOCC2)nc2n1CCCCC2. The van der Waals surface area contributed by atoms with Crippen molar-refractivity contribution in [2.45, 2.75) is 38.9 Å². The van der Waals surface area contributed by atoms with Gasteiger partial charge in [0.2, 0.25) is 0 Å². The van der Waals surface area contributed by atoms with Crippen molar-refractivity contribution >= 4 is 12.2 Å². The van der Waals surface area contributed by atoms with Crippen molar-refractivity contribution in [1.29, 1.82) is 0 Å². The van der Waals surface area contributed by atoms with Gasteiger partial charge in [0.1, 0.15) is 5.82 Å². The molecule has 0 N–H and O–H groups in total. The number of ether oxygens (including phenoxy) is 1. The van der Waals surface area contributed by atoms with Crippen molar-refractivity contribution in [3.8, 4) is 0 Å². The zero-order valence-electron chi connectivity index (χ0n) is 10.7. The van der Waals surface area contributed by atoms with Gasteiger partial charge in [-0.05, 0) is 25.1 Å². The summed E-state index contributed by atoms with van der Waals surface area (Å²) in [5.74, 6) is 1.17. The van der Waals surface area contributed by atoms with Gasteiger partial charge in [-0.25, -0.2) is 4.68 Å². The highest BCUT2D eigenvalue weighted by atomic mass is 32.1. The number of hydrogen-bond acceptors (Lipinski definition) is 4.